The van der Waals surface area contributed by atoms with Gasteiger partial charge in [-0.15, -0.1) is 0 Å². The molecule has 3 amide bonds. The van der Waals surface area contributed by atoms with Gasteiger partial charge in [0.1, 0.15) is 5.75 Å². The van der Waals surface area contributed by atoms with Crippen LogP contribution in [0.2, 0.25) is 0 Å². The molecule has 1 aliphatic heterocycles. The molecule has 27 heavy (non-hydrogen) atoms. The van der Waals surface area contributed by atoms with Crippen LogP contribution in [0.4, 0.5) is 4.79 Å². The number of carbonyl (C=O) groups is 2. The van der Waals surface area contributed by atoms with E-state index in [-0.39, 0.29) is 18.5 Å². The van der Waals surface area contributed by atoms with E-state index >= 15 is 0 Å². The maximum Gasteiger partial charge on any atom is 0.324 e. The number of aliphatic imine (C=N–C) groups is 1. The molecule has 1 heterocycles. The molecule has 3 rings (SSSR count). The average molecular weight is 373 g/mol. The minimum Gasteiger partial charge on any atom is -0.493 e. The summed E-state index contributed by atoms with van der Waals surface area (Å²) in [5.41, 5.74) is 2.24. The second-order valence-electron chi connectivity index (χ2n) is 6.92. The minimum atomic E-state index is -0.346. The van der Waals surface area contributed by atoms with Gasteiger partial charge in [0.15, 0.2) is 5.96 Å². The van der Waals surface area contributed by atoms with Crippen LogP contribution in [0.5, 0.6) is 5.75 Å². The summed E-state index contributed by atoms with van der Waals surface area (Å²) in [5, 5.41) is 8.88. The minimum absolute atomic E-state index is 0.0723. The lowest BCUT2D eigenvalue weighted by Gasteiger charge is -2.17. The molecule has 3 N–H and O–H groups in total. The quantitative estimate of drug-likeness (QED) is 0.359. The number of imide groups is 1. The molecule has 0 spiro atoms. The summed E-state index contributed by atoms with van der Waals surface area (Å²) < 4.78 is 5.99. The molecule has 8 nitrogen and oxygen atoms in total. The molecule has 2 aliphatic rings. The van der Waals surface area contributed by atoms with Crippen molar-refractivity contribution in [2.24, 2.45) is 10.9 Å². The average Bonchev–Trinajstić information content (AvgIpc) is 3.44. The molecule has 1 aromatic rings. The molecule has 1 saturated heterocycles. The third-order valence-electron chi connectivity index (χ3n) is 4.63. The zero-order valence-corrected chi connectivity index (χ0v) is 15.9. The van der Waals surface area contributed by atoms with Crippen molar-refractivity contribution in [2.75, 3.05) is 33.3 Å². The first-order valence-electron chi connectivity index (χ1n) is 9.32. The first kappa shape index (κ1) is 19.0. The standard InChI is InChI=1S/C19H27N5O3/c1-13-3-6-15(16(9-13)27-12-14-4-5-14)10-22-18(20-2)21-7-8-24-17(25)11-23-19(24)26/h3,6,9,14H,4-5,7-8,10-12H2,1-2H3,(H,23,26)(H2,20,21,22). The maximum absolute atomic E-state index is 11.6. The summed E-state index contributed by atoms with van der Waals surface area (Å²) in [7, 11) is 1.68. The summed E-state index contributed by atoms with van der Waals surface area (Å²) >= 11 is 0. The van der Waals surface area contributed by atoms with E-state index in [0.717, 1.165) is 17.9 Å². The molecule has 0 aromatic heterocycles. The molecule has 146 valence electrons. The third kappa shape index (κ3) is 5.35. The van der Waals surface area contributed by atoms with Gasteiger partial charge in [0, 0.05) is 32.2 Å². The van der Waals surface area contributed by atoms with E-state index in [1.54, 1.807) is 7.05 Å². The third-order valence-corrected chi connectivity index (χ3v) is 4.63. The van der Waals surface area contributed by atoms with Gasteiger partial charge in [0.2, 0.25) is 5.91 Å². The Morgan fingerprint density at radius 2 is 2.15 bits per heavy atom. The van der Waals surface area contributed by atoms with Gasteiger partial charge in [-0.05, 0) is 37.3 Å². The van der Waals surface area contributed by atoms with Crippen molar-refractivity contribution in [3.05, 3.63) is 29.3 Å². The van der Waals surface area contributed by atoms with Crippen molar-refractivity contribution in [3.8, 4) is 5.75 Å². The van der Waals surface area contributed by atoms with Crippen LogP contribution in [-0.2, 0) is 11.3 Å². The summed E-state index contributed by atoms with van der Waals surface area (Å²) in [4.78, 5) is 28.5. The Hall–Kier alpha value is -2.77. The fraction of sp³-hybridized carbons (Fsp3) is 0.526. The van der Waals surface area contributed by atoms with Crippen LogP contribution in [0, 0.1) is 12.8 Å². The van der Waals surface area contributed by atoms with Gasteiger partial charge in [0.25, 0.3) is 0 Å². The zero-order valence-electron chi connectivity index (χ0n) is 15.9. The van der Waals surface area contributed by atoms with Crippen molar-refractivity contribution in [1.82, 2.24) is 20.9 Å². The van der Waals surface area contributed by atoms with Gasteiger partial charge in [-0.1, -0.05) is 12.1 Å². The molecular weight excluding hydrogens is 346 g/mol. The zero-order chi connectivity index (χ0) is 19.2. The van der Waals surface area contributed by atoms with Crippen LogP contribution in [0.1, 0.15) is 24.0 Å². The van der Waals surface area contributed by atoms with Gasteiger partial charge in [0.05, 0.1) is 13.2 Å². The highest BCUT2D eigenvalue weighted by Gasteiger charge is 2.27. The number of guanidine groups is 1. The number of nitrogens with one attached hydrogen (secondary N) is 3. The van der Waals surface area contributed by atoms with Crippen LogP contribution in [0.3, 0.4) is 0 Å². The predicted octanol–water partition coefficient (Wildman–Crippen LogP) is 1.00. The lowest BCUT2D eigenvalue weighted by molar-refractivity contribution is -0.124. The fourth-order valence-electron chi connectivity index (χ4n) is 2.80. The molecule has 1 aliphatic carbocycles. The highest BCUT2D eigenvalue weighted by molar-refractivity contribution is 6.01. The SMILES string of the molecule is CN=C(NCCN1C(=O)CNC1=O)NCc1ccc(C)cc1OCC1CC1. The normalized spacial score (nSPS) is 17.1. The molecule has 1 aromatic carbocycles. The Balaban J connectivity index is 1.48. The number of aryl methyl sites for hydroxylation is 1. The summed E-state index contributed by atoms with van der Waals surface area (Å²) in [5.74, 6) is 2.01. The number of hydrogen-bond donors (Lipinski definition) is 3. The second kappa shape index (κ2) is 8.75. The lowest BCUT2D eigenvalue weighted by atomic mass is 10.1. The van der Waals surface area contributed by atoms with Crippen molar-refractivity contribution in [3.63, 3.8) is 0 Å². The maximum atomic E-state index is 11.6. The number of hydrogen-bond acceptors (Lipinski definition) is 4. The second-order valence-corrected chi connectivity index (χ2v) is 6.92. The van der Waals surface area contributed by atoms with Gasteiger partial charge in [-0.3, -0.25) is 14.7 Å². The summed E-state index contributed by atoms with van der Waals surface area (Å²) in [6.45, 7) is 4.20. The Morgan fingerprint density at radius 3 is 2.81 bits per heavy atom. The number of nitrogens with zero attached hydrogens (tertiary/aromatic N) is 2. The van der Waals surface area contributed by atoms with Crippen molar-refractivity contribution in [2.45, 2.75) is 26.3 Å². The molecular formula is C19H27N5O3. The molecule has 8 heteroatoms. The first-order valence-corrected chi connectivity index (χ1v) is 9.32. The molecule has 0 atom stereocenters. The van der Waals surface area contributed by atoms with E-state index in [1.807, 2.05) is 0 Å². The summed E-state index contributed by atoms with van der Waals surface area (Å²) in [6, 6.07) is 5.84. The summed E-state index contributed by atoms with van der Waals surface area (Å²) in [6.07, 6.45) is 2.51. The molecule has 1 saturated carbocycles. The van der Waals surface area contributed by atoms with Gasteiger partial charge in [-0.2, -0.15) is 0 Å². The topological polar surface area (TPSA) is 95.1 Å². The molecule has 0 radical (unpaired) electrons. The van der Waals surface area contributed by atoms with Gasteiger partial charge < -0.3 is 20.7 Å². The molecule has 0 bridgehead atoms. The smallest absolute Gasteiger partial charge is 0.324 e. The van der Waals surface area contributed by atoms with E-state index in [9.17, 15) is 9.59 Å². The first-order chi connectivity index (χ1) is 13.1. The highest BCUT2D eigenvalue weighted by atomic mass is 16.5. The van der Waals surface area contributed by atoms with Crippen molar-refractivity contribution >= 4 is 17.9 Å². The van der Waals surface area contributed by atoms with E-state index in [2.05, 4.69) is 46.1 Å². The Kier molecular flexibility index (Phi) is 6.16. The van der Waals surface area contributed by atoms with Crippen LogP contribution in [0.15, 0.2) is 23.2 Å². The Morgan fingerprint density at radius 1 is 1.33 bits per heavy atom. The molecule has 2 fully saturated rings. The number of amides is 3. The lowest BCUT2D eigenvalue weighted by Crippen LogP contribution is -2.43. The molecule has 0 unspecified atom stereocenters. The number of rotatable bonds is 8. The Bertz CT molecular complexity index is 714. The van der Waals surface area contributed by atoms with Crippen LogP contribution >= 0.6 is 0 Å². The number of ether oxygens (including phenoxy) is 1. The van der Waals surface area contributed by atoms with Crippen molar-refractivity contribution < 1.29 is 14.3 Å². The van der Waals surface area contributed by atoms with Crippen LogP contribution in [0.25, 0.3) is 0 Å². The van der Waals surface area contributed by atoms with Crippen molar-refractivity contribution in [1.29, 1.82) is 0 Å². The fourth-order valence-corrected chi connectivity index (χ4v) is 2.80. The van der Waals surface area contributed by atoms with Crippen LogP contribution in [-0.4, -0.2) is 56.1 Å². The largest absolute Gasteiger partial charge is 0.493 e. The number of carbonyl (C=O) groups excluding carboxylic acids is 2. The van der Waals surface area contributed by atoms with E-state index < -0.39 is 0 Å². The Labute approximate surface area is 159 Å². The van der Waals surface area contributed by atoms with Gasteiger partial charge in [-0.25, -0.2) is 4.79 Å². The van der Waals surface area contributed by atoms with Gasteiger partial charge >= 0.3 is 6.03 Å². The van der Waals surface area contributed by atoms with E-state index in [1.165, 1.54) is 23.3 Å². The van der Waals surface area contributed by atoms with Crippen LogP contribution < -0.4 is 20.7 Å². The monoisotopic (exact) mass is 373 g/mol. The highest BCUT2D eigenvalue weighted by Crippen LogP contribution is 2.30. The predicted molar refractivity (Wildman–Crippen MR) is 103 cm³/mol. The number of urea groups is 1. The van der Waals surface area contributed by atoms with E-state index in [0.29, 0.717) is 31.5 Å². The van der Waals surface area contributed by atoms with E-state index in [4.69, 9.17) is 4.74 Å². The number of benzene rings is 1.